The van der Waals surface area contributed by atoms with Gasteiger partial charge in [-0.15, -0.1) is 0 Å². The molecule has 0 radical (unpaired) electrons. The van der Waals surface area contributed by atoms with E-state index >= 15 is 0 Å². The van der Waals surface area contributed by atoms with Crippen LogP contribution in [0.5, 0.6) is 0 Å². The molecule has 2 rings (SSSR count). The van der Waals surface area contributed by atoms with Crippen LogP contribution >= 0.6 is 0 Å². The lowest BCUT2D eigenvalue weighted by molar-refractivity contribution is 0.169. The topological polar surface area (TPSA) is 50.2 Å². The van der Waals surface area contributed by atoms with Crippen LogP contribution in [-0.2, 0) is 7.05 Å². The van der Waals surface area contributed by atoms with Gasteiger partial charge in [-0.25, -0.2) is 4.98 Å². The van der Waals surface area contributed by atoms with Gasteiger partial charge in [0, 0.05) is 32.0 Å². The van der Waals surface area contributed by atoms with Crippen LogP contribution in [0.4, 0.5) is 5.82 Å². The first-order valence-electron chi connectivity index (χ1n) is 8.09. The Kier molecular flexibility index (Phi) is 5.79. The molecular formula is C16H28N4O. The van der Waals surface area contributed by atoms with E-state index in [2.05, 4.69) is 29.0 Å². The molecule has 0 amide bonds. The Hall–Kier alpha value is -1.36. The molecule has 1 aliphatic heterocycles. The van der Waals surface area contributed by atoms with Crippen molar-refractivity contribution in [1.82, 2.24) is 14.5 Å². The first-order valence-corrected chi connectivity index (χ1v) is 8.09. The molecule has 1 aromatic rings. The average Bonchev–Trinajstić information content (AvgIpc) is 2.72. The maximum absolute atomic E-state index is 12.0. The molecule has 0 bridgehead atoms. The molecule has 1 aliphatic rings. The van der Waals surface area contributed by atoms with Gasteiger partial charge in [0.25, 0.3) is 5.56 Å². The van der Waals surface area contributed by atoms with Crippen molar-refractivity contribution in [2.45, 2.75) is 45.6 Å². The van der Waals surface area contributed by atoms with Crippen LogP contribution in [0.3, 0.4) is 0 Å². The predicted octanol–water partition coefficient (Wildman–Crippen LogP) is 2.09. The lowest BCUT2D eigenvalue weighted by Gasteiger charge is -2.33. The Morgan fingerprint density at radius 1 is 1.24 bits per heavy atom. The highest BCUT2D eigenvalue weighted by Gasteiger charge is 2.22. The number of nitrogens with zero attached hydrogens (tertiary/aromatic N) is 3. The van der Waals surface area contributed by atoms with E-state index in [9.17, 15) is 4.79 Å². The zero-order valence-corrected chi connectivity index (χ0v) is 13.5. The summed E-state index contributed by atoms with van der Waals surface area (Å²) in [5.74, 6) is 1.02. The Labute approximate surface area is 127 Å². The van der Waals surface area contributed by atoms with Crippen LogP contribution in [-0.4, -0.2) is 40.1 Å². The molecule has 2 heterocycles. The van der Waals surface area contributed by atoms with E-state index in [1.54, 1.807) is 24.0 Å². The molecule has 5 heteroatoms. The minimum absolute atomic E-state index is 0.0594. The summed E-state index contributed by atoms with van der Waals surface area (Å²) in [6.45, 7) is 7.64. The highest BCUT2D eigenvalue weighted by Crippen LogP contribution is 2.17. The van der Waals surface area contributed by atoms with Gasteiger partial charge in [-0.05, 0) is 31.8 Å². The van der Waals surface area contributed by atoms with Gasteiger partial charge in [-0.1, -0.05) is 26.7 Å². The Balaban J connectivity index is 2.02. The molecule has 0 aromatic carbocycles. The second-order valence-electron chi connectivity index (χ2n) is 6.33. The molecule has 1 unspecified atom stereocenters. The molecule has 1 N–H and O–H groups in total. The average molecular weight is 292 g/mol. The van der Waals surface area contributed by atoms with Crippen molar-refractivity contribution in [1.29, 1.82) is 0 Å². The van der Waals surface area contributed by atoms with Crippen molar-refractivity contribution in [3.63, 3.8) is 0 Å². The maximum Gasteiger partial charge on any atom is 0.293 e. The number of anilines is 1. The van der Waals surface area contributed by atoms with Crippen molar-refractivity contribution in [3.8, 4) is 0 Å². The Bertz CT molecular complexity index is 489. The van der Waals surface area contributed by atoms with Crippen LogP contribution in [0.1, 0.15) is 39.5 Å². The molecule has 0 aliphatic carbocycles. The van der Waals surface area contributed by atoms with E-state index in [0.717, 1.165) is 6.54 Å². The van der Waals surface area contributed by atoms with Gasteiger partial charge >= 0.3 is 0 Å². The molecule has 5 nitrogen and oxygen atoms in total. The van der Waals surface area contributed by atoms with Gasteiger partial charge in [0.05, 0.1) is 0 Å². The predicted molar refractivity (Wildman–Crippen MR) is 86.6 cm³/mol. The lowest BCUT2D eigenvalue weighted by atomic mass is 10.0. The van der Waals surface area contributed by atoms with Gasteiger partial charge in [-0.3, -0.25) is 9.69 Å². The van der Waals surface area contributed by atoms with Gasteiger partial charge in [-0.2, -0.15) is 0 Å². The lowest BCUT2D eigenvalue weighted by Crippen LogP contribution is -2.44. The van der Waals surface area contributed by atoms with E-state index in [4.69, 9.17) is 0 Å². The quantitative estimate of drug-likeness (QED) is 0.903. The van der Waals surface area contributed by atoms with Gasteiger partial charge in [0.2, 0.25) is 0 Å². The van der Waals surface area contributed by atoms with Crippen LogP contribution in [0.15, 0.2) is 17.2 Å². The van der Waals surface area contributed by atoms with Gasteiger partial charge < -0.3 is 9.88 Å². The molecule has 21 heavy (non-hydrogen) atoms. The molecule has 1 fully saturated rings. The molecular weight excluding hydrogens is 264 g/mol. The van der Waals surface area contributed by atoms with Crippen LogP contribution in [0, 0.1) is 5.92 Å². The van der Waals surface area contributed by atoms with Crippen LogP contribution < -0.4 is 10.9 Å². The van der Waals surface area contributed by atoms with E-state index < -0.39 is 0 Å². The monoisotopic (exact) mass is 292 g/mol. The third-order valence-corrected chi connectivity index (χ3v) is 4.37. The fourth-order valence-electron chi connectivity index (χ4n) is 3.03. The number of rotatable bonds is 5. The van der Waals surface area contributed by atoms with Crippen molar-refractivity contribution in [3.05, 3.63) is 22.7 Å². The first-order chi connectivity index (χ1) is 10.1. The Morgan fingerprint density at radius 2 is 1.90 bits per heavy atom. The second kappa shape index (κ2) is 7.59. The summed E-state index contributed by atoms with van der Waals surface area (Å²) in [6.07, 6.45) is 8.61. The van der Waals surface area contributed by atoms with E-state index in [-0.39, 0.29) is 5.56 Å². The number of hydrogen-bond acceptors (Lipinski definition) is 4. The van der Waals surface area contributed by atoms with Crippen molar-refractivity contribution in [2.24, 2.45) is 13.0 Å². The fraction of sp³-hybridized carbons (Fsp3) is 0.750. The first kappa shape index (κ1) is 16.0. The summed E-state index contributed by atoms with van der Waals surface area (Å²) in [5.41, 5.74) is -0.0594. The zero-order chi connectivity index (χ0) is 15.2. The number of nitrogens with one attached hydrogen (secondary N) is 1. The summed E-state index contributed by atoms with van der Waals surface area (Å²) in [7, 11) is 1.75. The summed E-state index contributed by atoms with van der Waals surface area (Å²) in [6, 6.07) is 0.454. The Morgan fingerprint density at radius 3 is 2.52 bits per heavy atom. The normalized spacial score (nSPS) is 18.5. The number of aryl methyl sites for hydroxylation is 1. The summed E-state index contributed by atoms with van der Waals surface area (Å²) in [5, 5.41) is 3.27. The van der Waals surface area contributed by atoms with E-state index in [1.807, 2.05) is 0 Å². The standard InChI is InChI=1S/C16H28N4O/c1-13(2)14(20-9-6-4-5-7-10-20)12-18-15-16(21)19(3)11-8-17-15/h8,11,13-14H,4-7,9-10,12H2,1-3H3,(H,17,18). The minimum Gasteiger partial charge on any atom is -0.364 e. The third kappa shape index (κ3) is 4.30. The smallest absolute Gasteiger partial charge is 0.293 e. The molecule has 0 saturated carbocycles. The fourth-order valence-corrected chi connectivity index (χ4v) is 3.03. The zero-order valence-electron chi connectivity index (χ0n) is 13.5. The summed E-state index contributed by atoms with van der Waals surface area (Å²) >= 11 is 0. The largest absolute Gasteiger partial charge is 0.364 e. The molecule has 0 spiro atoms. The van der Waals surface area contributed by atoms with Gasteiger partial charge in [0.15, 0.2) is 5.82 Å². The van der Waals surface area contributed by atoms with E-state index in [0.29, 0.717) is 17.8 Å². The third-order valence-electron chi connectivity index (χ3n) is 4.37. The number of hydrogen-bond donors (Lipinski definition) is 1. The maximum atomic E-state index is 12.0. The molecule has 1 aromatic heterocycles. The number of aromatic nitrogens is 2. The van der Waals surface area contributed by atoms with Crippen molar-refractivity contribution in [2.75, 3.05) is 25.0 Å². The highest BCUT2D eigenvalue weighted by atomic mass is 16.1. The summed E-state index contributed by atoms with van der Waals surface area (Å²) in [4.78, 5) is 18.8. The summed E-state index contributed by atoms with van der Waals surface area (Å²) < 4.78 is 1.56. The van der Waals surface area contributed by atoms with Crippen molar-refractivity contribution >= 4 is 5.82 Å². The van der Waals surface area contributed by atoms with Gasteiger partial charge in [0.1, 0.15) is 0 Å². The van der Waals surface area contributed by atoms with Crippen molar-refractivity contribution < 1.29 is 0 Å². The van der Waals surface area contributed by atoms with Crippen LogP contribution in [0.2, 0.25) is 0 Å². The molecule has 1 atom stereocenters. The highest BCUT2D eigenvalue weighted by molar-refractivity contribution is 5.30. The van der Waals surface area contributed by atoms with E-state index in [1.165, 1.54) is 38.8 Å². The number of likely N-dealkylation sites (tertiary alicyclic amines) is 1. The molecule has 1 saturated heterocycles. The minimum atomic E-state index is -0.0594. The molecule has 118 valence electrons. The van der Waals surface area contributed by atoms with Crippen LogP contribution in [0.25, 0.3) is 0 Å². The second-order valence-corrected chi connectivity index (χ2v) is 6.33. The SMILES string of the molecule is CC(C)C(CNc1nccn(C)c1=O)N1CCCCCC1.